The molecule has 0 fully saturated rings. The molecule has 194 valence electrons. The van der Waals surface area contributed by atoms with Gasteiger partial charge in [0.25, 0.3) is 0 Å². The van der Waals surface area contributed by atoms with Gasteiger partial charge in [0, 0.05) is 43.5 Å². The van der Waals surface area contributed by atoms with E-state index in [1.165, 1.54) is 6.92 Å². The topological polar surface area (TPSA) is 72.9 Å². The molecule has 1 aliphatic carbocycles. The van der Waals surface area contributed by atoms with Crippen molar-refractivity contribution in [3.63, 3.8) is 0 Å². The van der Waals surface area contributed by atoms with Gasteiger partial charge in [-0.25, -0.2) is 0 Å². The first-order valence-corrected chi connectivity index (χ1v) is 13.2. The summed E-state index contributed by atoms with van der Waals surface area (Å²) in [6, 6.07) is 15.4. The van der Waals surface area contributed by atoms with E-state index in [0.29, 0.717) is 24.3 Å². The number of Topliss-reactive ketones (excluding diaryl/α,β-unsaturated/α-hetero) is 1. The first-order chi connectivity index (χ1) is 17.4. The molecule has 0 spiro atoms. The Bertz CT molecular complexity index is 1040. The number of hydrogen-bond acceptors (Lipinski definition) is 6. The molecule has 1 aliphatic rings. The van der Waals surface area contributed by atoms with Crippen molar-refractivity contribution in [3.05, 3.63) is 65.4 Å². The monoisotopic (exact) mass is 491 g/mol. The number of ether oxygens (including phenoxy) is 1. The lowest BCUT2D eigenvalue weighted by molar-refractivity contribution is -0.310. The van der Waals surface area contributed by atoms with Crippen LogP contribution in [0.2, 0.25) is 0 Å². The van der Waals surface area contributed by atoms with Crippen LogP contribution in [-0.4, -0.2) is 44.5 Å². The van der Waals surface area contributed by atoms with Gasteiger partial charge in [0.05, 0.1) is 12.5 Å². The third-order valence-corrected chi connectivity index (χ3v) is 6.74. The number of anilines is 2. The standard InChI is InChI=1S/C30H40N2O4/c1-5-8-18-32(19-9-6-2)26-16-12-24(13-17-26)28-29(34)27(30(28)35)23-10-14-25(15-11-23)31(7-3)20-21-36-22(4)33/h10-17,27,34H,5-9,18-21H2,1-4H3/p-1. The molecule has 2 aromatic carbocycles. The molecule has 2 aromatic rings. The van der Waals surface area contributed by atoms with Crippen LogP contribution in [0.5, 0.6) is 0 Å². The second-order valence-corrected chi connectivity index (χ2v) is 9.29. The largest absolute Gasteiger partial charge is 0.874 e. The molecule has 0 radical (unpaired) electrons. The number of unbranched alkanes of at least 4 members (excludes halogenated alkanes) is 2. The average molecular weight is 492 g/mol. The fourth-order valence-electron chi connectivity index (χ4n) is 4.59. The van der Waals surface area contributed by atoms with E-state index in [1.54, 1.807) is 0 Å². The third-order valence-electron chi connectivity index (χ3n) is 6.74. The van der Waals surface area contributed by atoms with Gasteiger partial charge < -0.3 is 19.6 Å². The Hall–Kier alpha value is -3.28. The van der Waals surface area contributed by atoms with Gasteiger partial charge in [0.2, 0.25) is 0 Å². The summed E-state index contributed by atoms with van der Waals surface area (Å²) < 4.78 is 5.05. The van der Waals surface area contributed by atoms with Crippen molar-refractivity contribution in [2.24, 2.45) is 0 Å². The molecule has 6 nitrogen and oxygen atoms in total. The molecule has 0 N–H and O–H groups in total. The van der Waals surface area contributed by atoms with Crippen LogP contribution in [-0.2, 0) is 14.3 Å². The van der Waals surface area contributed by atoms with E-state index in [0.717, 1.165) is 62.3 Å². The summed E-state index contributed by atoms with van der Waals surface area (Å²) in [4.78, 5) is 28.5. The minimum Gasteiger partial charge on any atom is -0.874 e. The van der Waals surface area contributed by atoms with E-state index in [-0.39, 0.29) is 17.5 Å². The van der Waals surface area contributed by atoms with Crippen LogP contribution in [0.25, 0.3) is 5.57 Å². The number of carbonyl (C=O) groups is 2. The molecule has 1 unspecified atom stereocenters. The van der Waals surface area contributed by atoms with Crippen molar-refractivity contribution in [2.75, 3.05) is 42.6 Å². The molecule has 0 saturated carbocycles. The first-order valence-electron chi connectivity index (χ1n) is 13.2. The van der Waals surface area contributed by atoms with Crippen LogP contribution in [0.15, 0.2) is 54.3 Å². The number of rotatable bonds is 14. The molecule has 0 bridgehead atoms. The zero-order chi connectivity index (χ0) is 26.1. The predicted octanol–water partition coefficient (Wildman–Crippen LogP) is 4.92. The summed E-state index contributed by atoms with van der Waals surface area (Å²) in [7, 11) is 0. The Morgan fingerprint density at radius 2 is 1.42 bits per heavy atom. The Labute approximate surface area is 215 Å². The maximum atomic E-state index is 13.0. The van der Waals surface area contributed by atoms with E-state index in [9.17, 15) is 14.7 Å². The summed E-state index contributed by atoms with van der Waals surface area (Å²) in [5.74, 6) is -1.25. The molecule has 0 saturated heterocycles. The highest BCUT2D eigenvalue weighted by molar-refractivity contribution is 6.31. The van der Waals surface area contributed by atoms with Crippen molar-refractivity contribution >= 4 is 28.7 Å². The lowest BCUT2D eigenvalue weighted by atomic mass is 9.75. The first kappa shape index (κ1) is 27.3. The Kier molecular flexibility index (Phi) is 9.97. The van der Waals surface area contributed by atoms with Crippen molar-refractivity contribution in [1.82, 2.24) is 0 Å². The fraction of sp³-hybridized carbons (Fsp3) is 0.467. The minimum absolute atomic E-state index is 0.114. The van der Waals surface area contributed by atoms with E-state index >= 15 is 0 Å². The van der Waals surface area contributed by atoms with Crippen LogP contribution >= 0.6 is 0 Å². The SMILES string of the molecule is CCCCN(CCCC)c1ccc(C2=C([O-])C(c3ccc(N(CC)CCOC(C)=O)cc3)C2=O)cc1. The molecule has 0 aliphatic heterocycles. The van der Waals surface area contributed by atoms with Gasteiger partial charge in [0.15, 0.2) is 5.78 Å². The number of nitrogens with zero attached hydrogens (tertiary/aromatic N) is 2. The lowest BCUT2D eigenvalue weighted by Crippen LogP contribution is -2.35. The van der Waals surface area contributed by atoms with Gasteiger partial charge in [0.1, 0.15) is 6.61 Å². The third kappa shape index (κ3) is 6.48. The highest BCUT2D eigenvalue weighted by Crippen LogP contribution is 2.42. The summed E-state index contributed by atoms with van der Waals surface area (Å²) in [5.41, 5.74) is 3.83. The van der Waals surface area contributed by atoms with Crippen LogP contribution in [0.4, 0.5) is 11.4 Å². The molecule has 6 heteroatoms. The van der Waals surface area contributed by atoms with Gasteiger partial charge in [-0.2, -0.15) is 0 Å². The molecule has 0 amide bonds. The number of allylic oxidation sites excluding steroid dienone is 2. The molecular weight excluding hydrogens is 452 g/mol. The quantitative estimate of drug-likeness (QED) is 0.349. The molecular formula is C30H39N2O4-. The Balaban J connectivity index is 1.71. The normalized spacial score (nSPS) is 15.0. The van der Waals surface area contributed by atoms with Crippen molar-refractivity contribution < 1.29 is 19.4 Å². The molecule has 0 heterocycles. The highest BCUT2D eigenvalue weighted by atomic mass is 16.5. The number of ketones is 1. The van der Waals surface area contributed by atoms with E-state index in [1.807, 2.05) is 55.5 Å². The highest BCUT2D eigenvalue weighted by Gasteiger charge is 2.35. The maximum Gasteiger partial charge on any atom is 0.302 e. The average Bonchev–Trinajstić information content (AvgIpc) is 2.88. The fourth-order valence-corrected chi connectivity index (χ4v) is 4.59. The summed E-state index contributed by atoms with van der Waals surface area (Å²) in [5, 5.41) is 13.0. The van der Waals surface area contributed by atoms with Gasteiger partial charge in [-0.05, 0) is 55.2 Å². The van der Waals surface area contributed by atoms with Gasteiger partial charge in [-0.1, -0.05) is 51.0 Å². The van der Waals surface area contributed by atoms with Crippen molar-refractivity contribution in [3.8, 4) is 0 Å². The lowest BCUT2D eigenvalue weighted by Gasteiger charge is -2.37. The summed E-state index contributed by atoms with van der Waals surface area (Å²) in [6.07, 6.45) is 4.58. The summed E-state index contributed by atoms with van der Waals surface area (Å²) in [6.45, 7) is 11.5. The smallest absolute Gasteiger partial charge is 0.302 e. The van der Waals surface area contributed by atoms with E-state index < -0.39 is 5.92 Å². The van der Waals surface area contributed by atoms with Crippen molar-refractivity contribution in [1.29, 1.82) is 0 Å². The van der Waals surface area contributed by atoms with Crippen LogP contribution in [0.3, 0.4) is 0 Å². The minimum atomic E-state index is -0.726. The zero-order valence-corrected chi connectivity index (χ0v) is 22.1. The van der Waals surface area contributed by atoms with Crippen LogP contribution < -0.4 is 14.9 Å². The molecule has 3 rings (SSSR count). The second kappa shape index (κ2) is 13.1. The van der Waals surface area contributed by atoms with Gasteiger partial charge >= 0.3 is 5.97 Å². The van der Waals surface area contributed by atoms with E-state index in [2.05, 4.69) is 23.6 Å². The molecule has 1 atom stereocenters. The van der Waals surface area contributed by atoms with Gasteiger partial charge in [-0.15, -0.1) is 5.76 Å². The Morgan fingerprint density at radius 1 is 0.861 bits per heavy atom. The van der Waals surface area contributed by atoms with Gasteiger partial charge in [-0.3, -0.25) is 9.59 Å². The van der Waals surface area contributed by atoms with Crippen LogP contribution in [0.1, 0.15) is 70.4 Å². The second-order valence-electron chi connectivity index (χ2n) is 9.29. The zero-order valence-electron chi connectivity index (χ0n) is 22.1. The number of benzene rings is 2. The molecule has 36 heavy (non-hydrogen) atoms. The van der Waals surface area contributed by atoms with Crippen LogP contribution in [0, 0.1) is 0 Å². The number of carbonyl (C=O) groups excluding carboxylic acids is 2. The summed E-state index contributed by atoms with van der Waals surface area (Å²) >= 11 is 0. The Morgan fingerprint density at radius 3 is 1.92 bits per heavy atom. The predicted molar refractivity (Wildman–Crippen MR) is 144 cm³/mol. The number of esters is 1. The van der Waals surface area contributed by atoms with Crippen molar-refractivity contribution in [2.45, 2.75) is 59.3 Å². The number of hydrogen-bond donors (Lipinski definition) is 0. The molecule has 0 aromatic heterocycles. The van der Waals surface area contributed by atoms with E-state index in [4.69, 9.17) is 4.74 Å². The maximum absolute atomic E-state index is 13.0. The number of likely N-dealkylation sites (N-methyl/N-ethyl adjacent to an activating group) is 1.